The zero-order valence-corrected chi connectivity index (χ0v) is 24.6. The van der Waals surface area contributed by atoms with E-state index < -0.39 is 11.9 Å². The van der Waals surface area contributed by atoms with Crippen molar-refractivity contribution in [2.45, 2.75) is 76.5 Å². The first-order chi connectivity index (χ1) is 21.0. The molecule has 0 bridgehead atoms. The third kappa shape index (κ3) is 6.69. The standard InChI is InChI=1S/C33H40N4O6/c38-30-14-13-28(32(40)34-30)37-20-24-18-26(11-12-27(24)33(37)41)42-21-25-9-4-7-17-36(25)19-23-8-2-3-10-29(23)43-22-31(39)35-15-5-1-6-16-35/h2-3,8,10-12,18,25,28H,1,4-7,9,13-17,19-22H2,(H,34,38,40)/t25-,28?/m1/s1. The van der Waals surface area contributed by atoms with Crippen molar-refractivity contribution in [3.05, 3.63) is 59.2 Å². The van der Waals surface area contributed by atoms with Crippen LogP contribution in [0, 0.1) is 0 Å². The van der Waals surface area contributed by atoms with Gasteiger partial charge in [0, 0.05) is 49.8 Å². The zero-order valence-electron chi connectivity index (χ0n) is 24.6. The minimum absolute atomic E-state index is 0.0510. The Morgan fingerprint density at radius 3 is 2.56 bits per heavy atom. The Labute approximate surface area is 252 Å². The average molecular weight is 589 g/mol. The first-order valence-electron chi connectivity index (χ1n) is 15.6. The SMILES string of the molecule is O=C1CCC(N2Cc3cc(OC[C@H]4CCCCN4Cc4ccccc4OCC(=O)N4CCCCC4)ccc3C2=O)C(=O)N1. The molecule has 3 saturated heterocycles. The highest BCUT2D eigenvalue weighted by molar-refractivity contribution is 6.05. The minimum atomic E-state index is -0.632. The lowest BCUT2D eigenvalue weighted by atomic mass is 10.0. The Balaban J connectivity index is 1.06. The normalized spacial score (nSPS) is 22.7. The number of nitrogens with zero attached hydrogens (tertiary/aromatic N) is 3. The van der Waals surface area contributed by atoms with Gasteiger partial charge in [-0.05, 0) is 74.9 Å². The van der Waals surface area contributed by atoms with E-state index in [2.05, 4.69) is 16.3 Å². The molecule has 0 aliphatic carbocycles. The molecule has 0 saturated carbocycles. The Bertz CT molecular complexity index is 1370. The van der Waals surface area contributed by atoms with Crippen molar-refractivity contribution in [1.29, 1.82) is 0 Å². The Kier molecular flexibility index (Phi) is 8.92. The molecule has 228 valence electrons. The van der Waals surface area contributed by atoms with Gasteiger partial charge in [-0.1, -0.05) is 24.6 Å². The molecule has 2 aromatic rings. The molecule has 6 rings (SSSR count). The van der Waals surface area contributed by atoms with Crippen molar-refractivity contribution in [3.63, 3.8) is 0 Å². The van der Waals surface area contributed by atoms with Gasteiger partial charge < -0.3 is 19.3 Å². The number of carbonyl (C=O) groups excluding carboxylic acids is 4. The molecule has 0 spiro atoms. The largest absolute Gasteiger partial charge is 0.492 e. The third-order valence-corrected chi connectivity index (χ3v) is 9.09. The number of rotatable bonds is 9. The average Bonchev–Trinajstić information content (AvgIpc) is 3.35. The summed E-state index contributed by atoms with van der Waals surface area (Å²) in [4.78, 5) is 55.5. The van der Waals surface area contributed by atoms with Gasteiger partial charge in [0.05, 0.1) is 0 Å². The number of carbonyl (C=O) groups is 4. The number of piperidine rings is 3. The fourth-order valence-corrected chi connectivity index (χ4v) is 6.66. The maximum Gasteiger partial charge on any atom is 0.260 e. The number of amides is 4. The van der Waals surface area contributed by atoms with Crippen LogP contribution in [0.2, 0.25) is 0 Å². The Morgan fingerprint density at radius 2 is 1.72 bits per heavy atom. The second kappa shape index (κ2) is 13.2. The number of para-hydroxylation sites is 1. The predicted molar refractivity (Wildman–Crippen MR) is 158 cm³/mol. The van der Waals surface area contributed by atoms with E-state index in [1.165, 1.54) is 6.42 Å². The minimum Gasteiger partial charge on any atom is -0.492 e. The second-order valence-electron chi connectivity index (χ2n) is 12.0. The summed E-state index contributed by atoms with van der Waals surface area (Å²) in [5, 5.41) is 2.35. The molecule has 4 aliphatic heterocycles. The van der Waals surface area contributed by atoms with Crippen molar-refractivity contribution in [2.75, 3.05) is 32.8 Å². The van der Waals surface area contributed by atoms with Gasteiger partial charge in [0.25, 0.3) is 11.8 Å². The molecule has 10 nitrogen and oxygen atoms in total. The number of ether oxygens (including phenoxy) is 2. The molecule has 0 aromatic heterocycles. The molecule has 1 N–H and O–H groups in total. The molecule has 43 heavy (non-hydrogen) atoms. The van der Waals surface area contributed by atoms with Crippen molar-refractivity contribution in [1.82, 2.24) is 20.0 Å². The fraction of sp³-hybridized carbons (Fsp3) is 0.515. The van der Waals surface area contributed by atoms with Crippen LogP contribution in [0.4, 0.5) is 0 Å². The number of benzene rings is 2. The number of hydrogen-bond donors (Lipinski definition) is 1. The zero-order chi connectivity index (χ0) is 29.8. The van der Waals surface area contributed by atoms with Crippen molar-refractivity contribution in [2.24, 2.45) is 0 Å². The Morgan fingerprint density at radius 1 is 0.907 bits per heavy atom. The monoisotopic (exact) mass is 588 g/mol. The quantitative estimate of drug-likeness (QED) is 0.448. The number of nitrogens with one attached hydrogen (secondary N) is 1. The first kappa shape index (κ1) is 29.2. The summed E-state index contributed by atoms with van der Waals surface area (Å²) < 4.78 is 12.3. The molecule has 1 unspecified atom stereocenters. The topological polar surface area (TPSA) is 108 Å². The fourth-order valence-electron chi connectivity index (χ4n) is 6.66. The number of hydrogen-bond acceptors (Lipinski definition) is 7. The van der Waals surface area contributed by atoms with Crippen molar-refractivity contribution in [3.8, 4) is 11.5 Å². The number of imide groups is 1. The number of fused-ring (bicyclic) bond motifs is 1. The van der Waals surface area contributed by atoms with Gasteiger partial charge in [0.1, 0.15) is 24.1 Å². The number of likely N-dealkylation sites (tertiary alicyclic amines) is 2. The highest BCUT2D eigenvalue weighted by Crippen LogP contribution is 2.31. The molecule has 0 radical (unpaired) electrons. The molecule has 2 atom stereocenters. The molecular formula is C33H40N4O6. The van der Waals surface area contributed by atoms with Crippen LogP contribution in [-0.2, 0) is 27.5 Å². The summed E-state index contributed by atoms with van der Waals surface area (Å²) in [5.74, 6) is 0.607. The molecule has 10 heteroatoms. The smallest absolute Gasteiger partial charge is 0.260 e. The lowest BCUT2D eigenvalue weighted by Gasteiger charge is -2.36. The van der Waals surface area contributed by atoms with E-state index in [1.807, 2.05) is 35.2 Å². The van der Waals surface area contributed by atoms with E-state index in [0.29, 0.717) is 37.4 Å². The van der Waals surface area contributed by atoms with Crippen LogP contribution in [0.15, 0.2) is 42.5 Å². The highest BCUT2D eigenvalue weighted by atomic mass is 16.5. The van der Waals surface area contributed by atoms with Crippen molar-refractivity contribution >= 4 is 23.6 Å². The highest BCUT2D eigenvalue weighted by Gasteiger charge is 2.39. The lowest BCUT2D eigenvalue weighted by Crippen LogP contribution is -2.52. The van der Waals surface area contributed by atoms with E-state index in [1.54, 1.807) is 11.0 Å². The van der Waals surface area contributed by atoms with Gasteiger partial charge in [-0.2, -0.15) is 0 Å². The van der Waals surface area contributed by atoms with E-state index >= 15 is 0 Å². The van der Waals surface area contributed by atoms with Crippen LogP contribution in [0.5, 0.6) is 11.5 Å². The summed E-state index contributed by atoms with van der Waals surface area (Å²) in [6, 6.07) is 13.0. The summed E-state index contributed by atoms with van der Waals surface area (Å²) in [7, 11) is 0. The second-order valence-corrected chi connectivity index (χ2v) is 12.0. The first-order valence-corrected chi connectivity index (χ1v) is 15.6. The Hall–Kier alpha value is -3.92. The van der Waals surface area contributed by atoms with Crippen molar-refractivity contribution < 1.29 is 28.7 Å². The van der Waals surface area contributed by atoms with Gasteiger partial charge in [-0.15, -0.1) is 0 Å². The van der Waals surface area contributed by atoms with Crippen LogP contribution in [0.3, 0.4) is 0 Å². The van der Waals surface area contributed by atoms with Crippen LogP contribution in [-0.4, -0.2) is 83.3 Å². The van der Waals surface area contributed by atoms with Crippen LogP contribution < -0.4 is 14.8 Å². The summed E-state index contributed by atoms with van der Waals surface area (Å²) in [6.45, 7) is 4.20. The molecule has 2 aromatic carbocycles. The van der Waals surface area contributed by atoms with Gasteiger partial charge in [0.2, 0.25) is 11.8 Å². The summed E-state index contributed by atoms with van der Waals surface area (Å²) in [6.07, 6.45) is 7.14. The van der Waals surface area contributed by atoms with Crippen LogP contribution in [0.1, 0.15) is 72.9 Å². The van der Waals surface area contributed by atoms with E-state index in [-0.39, 0.29) is 36.8 Å². The summed E-state index contributed by atoms with van der Waals surface area (Å²) in [5.41, 5.74) is 2.47. The van der Waals surface area contributed by atoms with Gasteiger partial charge in [-0.25, -0.2) is 0 Å². The van der Waals surface area contributed by atoms with Gasteiger partial charge in [-0.3, -0.25) is 29.4 Å². The van der Waals surface area contributed by atoms with E-state index in [4.69, 9.17) is 9.47 Å². The lowest BCUT2D eigenvalue weighted by molar-refractivity contribution is -0.137. The van der Waals surface area contributed by atoms with E-state index in [9.17, 15) is 19.2 Å². The molecular weight excluding hydrogens is 548 g/mol. The van der Waals surface area contributed by atoms with Crippen LogP contribution in [0.25, 0.3) is 0 Å². The molecule has 4 aliphatic rings. The third-order valence-electron chi connectivity index (χ3n) is 9.09. The van der Waals surface area contributed by atoms with Gasteiger partial charge in [0.15, 0.2) is 6.61 Å². The van der Waals surface area contributed by atoms with Crippen LogP contribution >= 0.6 is 0 Å². The molecule has 3 fully saturated rings. The maximum absolute atomic E-state index is 13.0. The summed E-state index contributed by atoms with van der Waals surface area (Å²) >= 11 is 0. The van der Waals surface area contributed by atoms with Gasteiger partial charge >= 0.3 is 0 Å². The molecule has 4 amide bonds. The molecule has 4 heterocycles. The maximum atomic E-state index is 13.0. The predicted octanol–water partition coefficient (Wildman–Crippen LogP) is 3.27. The van der Waals surface area contributed by atoms with E-state index in [0.717, 1.165) is 68.6 Å².